The highest BCUT2D eigenvalue weighted by atomic mass is 32.2. The number of carboxylic acid groups (broad SMARTS) is 1. The van der Waals surface area contributed by atoms with Crippen LogP contribution in [0.3, 0.4) is 0 Å². The Hall–Kier alpha value is -3.12. The highest BCUT2D eigenvalue weighted by Crippen LogP contribution is 2.19. The van der Waals surface area contributed by atoms with E-state index in [1.165, 1.54) is 0 Å². The van der Waals surface area contributed by atoms with Gasteiger partial charge in [-0.15, -0.1) is 0 Å². The van der Waals surface area contributed by atoms with Crippen molar-refractivity contribution in [1.29, 1.82) is 0 Å². The largest absolute Gasteiger partial charge is 0.478 e. The van der Waals surface area contributed by atoms with Crippen LogP contribution in [0.2, 0.25) is 0 Å². The van der Waals surface area contributed by atoms with Crippen molar-refractivity contribution in [3.05, 3.63) is 95.1 Å². The zero-order valence-corrected chi connectivity index (χ0v) is 16.2. The number of anilines is 1. The van der Waals surface area contributed by atoms with E-state index in [-0.39, 0.29) is 4.90 Å². The number of aryl methyl sites for hydroxylation is 3. The summed E-state index contributed by atoms with van der Waals surface area (Å²) in [5.74, 6) is -0.949. The zero-order chi connectivity index (χ0) is 20.1. The lowest BCUT2D eigenvalue weighted by Crippen LogP contribution is -2.13. The Balaban J connectivity index is 1.74. The second-order valence-electron chi connectivity index (χ2n) is 6.58. The van der Waals surface area contributed by atoms with Gasteiger partial charge in [0.2, 0.25) is 0 Å². The van der Waals surface area contributed by atoms with Crippen molar-refractivity contribution in [3.8, 4) is 0 Å². The van der Waals surface area contributed by atoms with Crippen LogP contribution in [0.15, 0.2) is 77.7 Å². The lowest BCUT2D eigenvalue weighted by atomic mass is 10.00. The second kappa shape index (κ2) is 8.27. The molecule has 144 valence electrons. The molecule has 3 rings (SSSR count). The third-order valence-electron chi connectivity index (χ3n) is 4.44. The lowest BCUT2D eigenvalue weighted by Gasteiger charge is -2.10. The van der Waals surface area contributed by atoms with E-state index in [1.54, 1.807) is 60.7 Å². The molecule has 0 amide bonds. The predicted molar refractivity (Wildman–Crippen MR) is 109 cm³/mol. The van der Waals surface area contributed by atoms with Gasteiger partial charge < -0.3 is 5.11 Å². The maximum atomic E-state index is 12.5. The first-order chi connectivity index (χ1) is 13.3. The molecule has 3 aromatic carbocycles. The average Bonchev–Trinajstić information content (AvgIpc) is 2.67. The number of carboxylic acids is 1. The van der Waals surface area contributed by atoms with Gasteiger partial charge in [0.1, 0.15) is 0 Å². The maximum Gasteiger partial charge on any atom is 0.335 e. The first kappa shape index (κ1) is 19.6. The minimum Gasteiger partial charge on any atom is -0.478 e. The van der Waals surface area contributed by atoms with Gasteiger partial charge in [-0.1, -0.05) is 48.0 Å². The fourth-order valence-corrected chi connectivity index (χ4v) is 4.00. The third kappa shape index (κ3) is 4.78. The molecule has 28 heavy (non-hydrogen) atoms. The van der Waals surface area contributed by atoms with E-state index in [4.69, 9.17) is 0 Å². The van der Waals surface area contributed by atoms with Crippen molar-refractivity contribution in [3.63, 3.8) is 0 Å². The summed E-state index contributed by atoms with van der Waals surface area (Å²) < 4.78 is 27.7. The summed E-state index contributed by atoms with van der Waals surface area (Å²) in [4.78, 5) is 11.5. The summed E-state index contributed by atoms with van der Waals surface area (Å²) >= 11 is 0. The molecule has 0 unspecified atom stereocenters. The summed E-state index contributed by atoms with van der Waals surface area (Å²) in [5.41, 5.74) is 3.43. The topological polar surface area (TPSA) is 83.5 Å². The molecule has 0 heterocycles. The monoisotopic (exact) mass is 395 g/mol. The SMILES string of the molecule is Cc1ccc(S(=O)(=O)Nc2cccc(CCc3ccccc3C(=O)O)c2)cc1. The lowest BCUT2D eigenvalue weighted by molar-refractivity contribution is 0.0695. The van der Waals surface area contributed by atoms with Crippen molar-refractivity contribution < 1.29 is 18.3 Å². The smallest absolute Gasteiger partial charge is 0.335 e. The molecule has 0 atom stereocenters. The molecule has 0 bridgehead atoms. The number of sulfonamides is 1. The Bertz CT molecular complexity index is 1090. The number of rotatable bonds is 7. The van der Waals surface area contributed by atoms with Gasteiger partial charge >= 0.3 is 5.97 Å². The molecule has 0 saturated carbocycles. The summed E-state index contributed by atoms with van der Waals surface area (Å²) in [5, 5.41) is 9.28. The van der Waals surface area contributed by atoms with E-state index in [2.05, 4.69) is 4.72 Å². The molecule has 0 saturated heterocycles. The quantitative estimate of drug-likeness (QED) is 0.625. The van der Waals surface area contributed by atoms with E-state index in [1.807, 2.05) is 19.1 Å². The molecule has 0 fully saturated rings. The molecule has 0 aliphatic carbocycles. The Kier molecular flexibility index (Phi) is 5.80. The summed E-state index contributed by atoms with van der Waals surface area (Å²) in [7, 11) is -3.66. The van der Waals surface area contributed by atoms with Gasteiger partial charge in [0.25, 0.3) is 10.0 Å². The minimum atomic E-state index is -3.66. The first-order valence-corrected chi connectivity index (χ1v) is 10.3. The van der Waals surface area contributed by atoms with Gasteiger partial charge in [-0.3, -0.25) is 4.72 Å². The molecule has 2 N–H and O–H groups in total. The van der Waals surface area contributed by atoms with Crippen molar-refractivity contribution in [1.82, 2.24) is 0 Å². The van der Waals surface area contributed by atoms with Crippen molar-refractivity contribution in [2.24, 2.45) is 0 Å². The fourth-order valence-electron chi connectivity index (χ4n) is 2.95. The van der Waals surface area contributed by atoms with E-state index >= 15 is 0 Å². The minimum absolute atomic E-state index is 0.207. The fraction of sp³-hybridized carbons (Fsp3) is 0.136. The number of benzene rings is 3. The number of hydrogen-bond donors (Lipinski definition) is 2. The van der Waals surface area contributed by atoms with Gasteiger partial charge in [-0.2, -0.15) is 0 Å². The van der Waals surface area contributed by atoms with Gasteiger partial charge in [-0.25, -0.2) is 13.2 Å². The number of nitrogens with one attached hydrogen (secondary N) is 1. The summed E-state index contributed by atoms with van der Waals surface area (Å²) in [6.45, 7) is 1.90. The van der Waals surface area contributed by atoms with Crippen molar-refractivity contribution in [2.45, 2.75) is 24.7 Å². The van der Waals surface area contributed by atoms with Crippen LogP contribution in [0, 0.1) is 6.92 Å². The van der Waals surface area contributed by atoms with Crippen LogP contribution in [-0.4, -0.2) is 19.5 Å². The van der Waals surface area contributed by atoms with Gasteiger partial charge in [-0.05, 0) is 61.2 Å². The van der Waals surface area contributed by atoms with Gasteiger partial charge in [0.15, 0.2) is 0 Å². The first-order valence-electron chi connectivity index (χ1n) is 8.85. The van der Waals surface area contributed by atoms with Crippen molar-refractivity contribution >= 4 is 21.7 Å². The summed E-state index contributed by atoms with van der Waals surface area (Å²) in [6.07, 6.45) is 1.15. The van der Waals surface area contributed by atoms with Crippen LogP contribution in [0.4, 0.5) is 5.69 Å². The summed E-state index contributed by atoms with van der Waals surface area (Å²) in [6, 6.07) is 20.7. The highest BCUT2D eigenvalue weighted by molar-refractivity contribution is 7.92. The van der Waals surface area contributed by atoms with Crippen LogP contribution >= 0.6 is 0 Å². The number of carbonyl (C=O) groups is 1. The van der Waals surface area contributed by atoms with Crippen LogP contribution in [0.1, 0.15) is 27.0 Å². The normalized spacial score (nSPS) is 11.2. The molecule has 0 aliphatic rings. The Morgan fingerprint density at radius 3 is 2.36 bits per heavy atom. The molecule has 0 aliphatic heterocycles. The van der Waals surface area contributed by atoms with Gasteiger partial charge in [0, 0.05) is 5.69 Å². The van der Waals surface area contributed by atoms with E-state index in [9.17, 15) is 18.3 Å². The van der Waals surface area contributed by atoms with Crippen molar-refractivity contribution in [2.75, 3.05) is 4.72 Å². The molecule has 3 aromatic rings. The van der Waals surface area contributed by atoms with Gasteiger partial charge in [0.05, 0.1) is 10.5 Å². The molecular formula is C22H21NO4S. The molecule has 6 heteroatoms. The van der Waals surface area contributed by atoms with Crippen LogP contribution in [0.5, 0.6) is 0 Å². The Morgan fingerprint density at radius 2 is 1.64 bits per heavy atom. The Morgan fingerprint density at radius 1 is 0.929 bits per heavy atom. The Labute approximate surface area is 164 Å². The third-order valence-corrected chi connectivity index (χ3v) is 5.84. The standard InChI is InChI=1S/C22H21NO4S/c1-16-9-13-20(14-10-16)28(26,27)23-19-7-4-5-17(15-19)11-12-18-6-2-3-8-21(18)22(24)25/h2-10,13-15,23H,11-12H2,1H3,(H,24,25). The van der Waals surface area contributed by atoms with Crippen LogP contribution in [-0.2, 0) is 22.9 Å². The van der Waals surface area contributed by atoms with E-state index in [0.717, 1.165) is 16.7 Å². The molecule has 5 nitrogen and oxygen atoms in total. The van der Waals surface area contributed by atoms with Crippen LogP contribution < -0.4 is 4.72 Å². The zero-order valence-electron chi connectivity index (χ0n) is 15.4. The van der Waals surface area contributed by atoms with E-state index < -0.39 is 16.0 Å². The molecule has 0 spiro atoms. The van der Waals surface area contributed by atoms with E-state index in [0.29, 0.717) is 24.1 Å². The number of hydrogen-bond acceptors (Lipinski definition) is 3. The second-order valence-corrected chi connectivity index (χ2v) is 8.26. The highest BCUT2D eigenvalue weighted by Gasteiger charge is 2.14. The van der Waals surface area contributed by atoms with Crippen LogP contribution in [0.25, 0.3) is 0 Å². The maximum absolute atomic E-state index is 12.5. The molecular weight excluding hydrogens is 374 g/mol. The predicted octanol–water partition coefficient (Wildman–Crippen LogP) is 4.28. The molecule has 0 aromatic heterocycles. The molecule has 0 radical (unpaired) electrons. The average molecular weight is 395 g/mol. The number of aromatic carboxylic acids is 1.